The number of anilines is 2. The number of hydrogen-bond donors (Lipinski definition) is 2. The Morgan fingerprint density at radius 1 is 0.933 bits per heavy atom. The van der Waals surface area contributed by atoms with E-state index in [9.17, 15) is 14.0 Å². The maximum atomic E-state index is 14.2. The summed E-state index contributed by atoms with van der Waals surface area (Å²) in [7, 11) is 0. The number of carbonyl (C=O) groups excluding carboxylic acids is 2. The van der Waals surface area contributed by atoms with E-state index in [1.807, 2.05) is 0 Å². The summed E-state index contributed by atoms with van der Waals surface area (Å²) in [6, 6.07) is 13.7. The van der Waals surface area contributed by atoms with Gasteiger partial charge in [0.05, 0.1) is 16.9 Å². The highest BCUT2D eigenvalue weighted by molar-refractivity contribution is 6.07. The van der Waals surface area contributed by atoms with Crippen LogP contribution in [0.4, 0.5) is 15.8 Å². The summed E-state index contributed by atoms with van der Waals surface area (Å²) in [6.07, 6.45) is 4.36. The van der Waals surface area contributed by atoms with Crippen LogP contribution in [0.25, 0.3) is 5.69 Å². The molecule has 30 heavy (non-hydrogen) atoms. The van der Waals surface area contributed by atoms with Crippen molar-refractivity contribution in [3.05, 3.63) is 90.3 Å². The van der Waals surface area contributed by atoms with Gasteiger partial charge in [-0.15, -0.1) is 5.10 Å². The molecular weight excluding hydrogens is 389 g/mol. The lowest BCUT2D eigenvalue weighted by molar-refractivity contribution is 0.101. The molecule has 9 nitrogen and oxygen atoms in total. The van der Waals surface area contributed by atoms with E-state index in [4.69, 9.17) is 0 Å². The molecule has 2 heterocycles. The van der Waals surface area contributed by atoms with E-state index >= 15 is 0 Å². The molecule has 0 radical (unpaired) electrons. The Bertz CT molecular complexity index is 1200. The Balaban J connectivity index is 1.51. The van der Waals surface area contributed by atoms with Gasteiger partial charge < -0.3 is 10.6 Å². The van der Waals surface area contributed by atoms with Crippen LogP contribution in [-0.2, 0) is 0 Å². The second kappa shape index (κ2) is 8.27. The van der Waals surface area contributed by atoms with Crippen LogP contribution in [0.3, 0.4) is 0 Å². The maximum absolute atomic E-state index is 14.2. The van der Waals surface area contributed by atoms with Crippen molar-refractivity contribution in [2.45, 2.75) is 0 Å². The van der Waals surface area contributed by atoms with E-state index < -0.39 is 11.7 Å². The van der Waals surface area contributed by atoms with Crippen molar-refractivity contribution in [1.82, 2.24) is 25.2 Å². The normalized spacial score (nSPS) is 10.4. The predicted octanol–water partition coefficient (Wildman–Crippen LogP) is 2.70. The van der Waals surface area contributed by atoms with Gasteiger partial charge in [-0.2, -0.15) is 0 Å². The van der Waals surface area contributed by atoms with Crippen molar-refractivity contribution in [2.75, 3.05) is 10.6 Å². The molecule has 0 aliphatic heterocycles. The minimum Gasteiger partial charge on any atom is -0.322 e. The van der Waals surface area contributed by atoms with Crippen LogP contribution in [-0.4, -0.2) is 37.0 Å². The van der Waals surface area contributed by atoms with E-state index in [0.717, 1.165) is 0 Å². The number of tetrazole rings is 1. The fourth-order valence-corrected chi connectivity index (χ4v) is 2.66. The van der Waals surface area contributed by atoms with Gasteiger partial charge in [-0.25, -0.2) is 9.07 Å². The molecule has 0 aliphatic carbocycles. The molecular formula is C20H14FN7O2. The molecule has 2 aromatic carbocycles. The summed E-state index contributed by atoms with van der Waals surface area (Å²) in [5.41, 5.74) is 1.49. The highest BCUT2D eigenvalue weighted by atomic mass is 19.1. The standard InChI is InChI=1S/C20H14FN7O2/c21-17-7-6-16(28-12-23-26-27-28)10-18(17)25-19(29)13-3-1-5-15(9-13)24-20(30)14-4-2-8-22-11-14/h1-12H,(H,24,30)(H,25,29). The van der Waals surface area contributed by atoms with E-state index in [2.05, 4.69) is 31.1 Å². The lowest BCUT2D eigenvalue weighted by Crippen LogP contribution is -2.15. The zero-order valence-corrected chi connectivity index (χ0v) is 15.4. The molecule has 0 fully saturated rings. The number of halogens is 1. The fourth-order valence-electron chi connectivity index (χ4n) is 2.66. The van der Waals surface area contributed by atoms with Crippen molar-refractivity contribution in [2.24, 2.45) is 0 Å². The molecule has 2 aromatic heterocycles. The van der Waals surface area contributed by atoms with Crippen LogP contribution in [0.2, 0.25) is 0 Å². The first-order chi connectivity index (χ1) is 14.6. The molecule has 10 heteroatoms. The first-order valence-corrected chi connectivity index (χ1v) is 8.76. The number of carbonyl (C=O) groups is 2. The van der Waals surface area contributed by atoms with E-state index in [-0.39, 0.29) is 17.2 Å². The molecule has 4 rings (SSSR count). The monoisotopic (exact) mass is 403 g/mol. The van der Waals surface area contributed by atoms with E-state index in [1.54, 1.807) is 36.5 Å². The van der Waals surface area contributed by atoms with Crippen LogP contribution in [0.5, 0.6) is 0 Å². The first-order valence-electron chi connectivity index (χ1n) is 8.76. The highest BCUT2D eigenvalue weighted by Crippen LogP contribution is 2.20. The smallest absolute Gasteiger partial charge is 0.257 e. The Kier molecular flexibility index (Phi) is 5.20. The number of aromatic nitrogens is 5. The Morgan fingerprint density at radius 2 is 1.77 bits per heavy atom. The number of hydrogen-bond acceptors (Lipinski definition) is 6. The molecule has 0 saturated carbocycles. The maximum Gasteiger partial charge on any atom is 0.257 e. The minimum absolute atomic E-state index is 0.0298. The van der Waals surface area contributed by atoms with Crippen molar-refractivity contribution < 1.29 is 14.0 Å². The van der Waals surface area contributed by atoms with Gasteiger partial charge in [0.2, 0.25) is 0 Å². The van der Waals surface area contributed by atoms with Gasteiger partial charge >= 0.3 is 0 Å². The lowest BCUT2D eigenvalue weighted by atomic mass is 10.1. The van der Waals surface area contributed by atoms with Crippen molar-refractivity contribution in [3.8, 4) is 5.69 Å². The zero-order chi connectivity index (χ0) is 20.9. The van der Waals surface area contributed by atoms with Gasteiger partial charge in [0.1, 0.15) is 12.1 Å². The Labute approximate surface area is 169 Å². The second-order valence-electron chi connectivity index (χ2n) is 6.15. The van der Waals surface area contributed by atoms with Gasteiger partial charge in [0.15, 0.2) is 0 Å². The summed E-state index contributed by atoms with van der Waals surface area (Å²) in [5.74, 6) is -1.51. The van der Waals surface area contributed by atoms with Crippen LogP contribution < -0.4 is 10.6 Å². The van der Waals surface area contributed by atoms with Crippen LogP contribution in [0, 0.1) is 5.82 Å². The number of rotatable bonds is 5. The van der Waals surface area contributed by atoms with Gasteiger partial charge in [-0.3, -0.25) is 14.6 Å². The quantitative estimate of drug-likeness (QED) is 0.530. The topological polar surface area (TPSA) is 115 Å². The van der Waals surface area contributed by atoms with Crippen LogP contribution in [0.15, 0.2) is 73.3 Å². The zero-order valence-electron chi connectivity index (χ0n) is 15.4. The van der Waals surface area contributed by atoms with Crippen LogP contribution in [0.1, 0.15) is 20.7 Å². The van der Waals surface area contributed by atoms with E-state index in [0.29, 0.717) is 16.9 Å². The summed E-state index contributed by atoms with van der Waals surface area (Å²) >= 11 is 0. The fraction of sp³-hybridized carbons (Fsp3) is 0. The summed E-state index contributed by atoms with van der Waals surface area (Å²) in [4.78, 5) is 28.8. The predicted molar refractivity (Wildman–Crippen MR) is 106 cm³/mol. The number of amides is 2. The molecule has 0 aliphatic rings. The Hall–Kier alpha value is -4.47. The van der Waals surface area contributed by atoms with Crippen molar-refractivity contribution in [3.63, 3.8) is 0 Å². The summed E-state index contributed by atoms with van der Waals surface area (Å²) in [5, 5.41) is 16.0. The molecule has 148 valence electrons. The number of nitrogens with one attached hydrogen (secondary N) is 2. The number of nitrogens with zero attached hydrogens (tertiary/aromatic N) is 5. The van der Waals surface area contributed by atoms with Crippen molar-refractivity contribution >= 4 is 23.2 Å². The highest BCUT2D eigenvalue weighted by Gasteiger charge is 2.13. The van der Waals surface area contributed by atoms with Gasteiger partial charge in [-0.05, 0) is 59.0 Å². The third-order valence-electron chi connectivity index (χ3n) is 4.12. The molecule has 0 atom stereocenters. The SMILES string of the molecule is O=C(Nc1cccc(C(=O)Nc2cc(-n3cnnn3)ccc2F)c1)c1cccnc1. The van der Waals surface area contributed by atoms with Gasteiger partial charge in [0.25, 0.3) is 11.8 Å². The van der Waals surface area contributed by atoms with Gasteiger partial charge in [0, 0.05) is 23.6 Å². The van der Waals surface area contributed by atoms with Gasteiger partial charge in [-0.1, -0.05) is 6.07 Å². The molecule has 0 saturated heterocycles. The number of pyridine rings is 1. The summed E-state index contributed by atoms with van der Waals surface area (Å²) < 4.78 is 15.5. The third kappa shape index (κ3) is 4.17. The molecule has 4 aromatic rings. The summed E-state index contributed by atoms with van der Waals surface area (Å²) in [6.45, 7) is 0. The Morgan fingerprint density at radius 3 is 2.53 bits per heavy atom. The molecule has 0 spiro atoms. The van der Waals surface area contributed by atoms with Crippen molar-refractivity contribution in [1.29, 1.82) is 0 Å². The molecule has 2 amide bonds. The first kappa shape index (κ1) is 18.9. The molecule has 2 N–H and O–H groups in total. The average molecular weight is 403 g/mol. The third-order valence-corrected chi connectivity index (χ3v) is 4.12. The molecule has 0 bridgehead atoms. The number of benzene rings is 2. The lowest BCUT2D eigenvalue weighted by Gasteiger charge is -2.10. The minimum atomic E-state index is -0.610. The van der Waals surface area contributed by atoms with Crippen LogP contribution >= 0.6 is 0 Å². The molecule has 0 unspecified atom stereocenters. The second-order valence-corrected chi connectivity index (χ2v) is 6.15. The average Bonchev–Trinajstić information content (AvgIpc) is 3.31. The van der Waals surface area contributed by atoms with E-state index in [1.165, 1.54) is 41.5 Å². The largest absolute Gasteiger partial charge is 0.322 e.